The summed E-state index contributed by atoms with van der Waals surface area (Å²) in [4.78, 5) is 32.6. The van der Waals surface area contributed by atoms with Crippen molar-refractivity contribution >= 4 is 46.1 Å². The van der Waals surface area contributed by atoms with Gasteiger partial charge in [-0.1, -0.05) is 24.0 Å². The average molecular weight is 474 g/mol. The van der Waals surface area contributed by atoms with Gasteiger partial charge in [0, 0.05) is 45.4 Å². The van der Waals surface area contributed by atoms with Crippen molar-refractivity contribution in [1.82, 2.24) is 14.4 Å². The van der Waals surface area contributed by atoms with Crippen LogP contribution < -0.4 is 10.5 Å². The average Bonchev–Trinajstić information content (AvgIpc) is 3.38. The third-order valence-electron chi connectivity index (χ3n) is 6.33. The minimum atomic E-state index is -0.318. The lowest BCUT2D eigenvalue weighted by molar-refractivity contribution is -0.123. The van der Waals surface area contributed by atoms with Crippen molar-refractivity contribution in [1.29, 1.82) is 5.26 Å². The Kier molecular flexibility index (Phi) is 6.72. The smallest absolute Gasteiger partial charge is 0.270 e. The summed E-state index contributed by atoms with van der Waals surface area (Å²) in [6.07, 6.45) is 3.74. The number of nitrogens with zero attached hydrogens (tertiary/aromatic N) is 5. The van der Waals surface area contributed by atoms with E-state index in [1.807, 2.05) is 0 Å². The van der Waals surface area contributed by atoms with Crippen molar-refractivity contribution in [3.8, 4) is 6.07 Å². The van der Waals surface area contributed by atoms with Gasteiger partial charge in [0.1, 0.15) is 21.8 Å². The number of pyridine rings is 1. The van der Waals surface area contributed by atoms with Crippen LogP contribution in [0.5, 0.6) is 0 Å². The van der Waals surface area contributed by atoms with Crippen LogP contribution in [0.25, 0.3) is 6.08 Å². The normalized spacial score (nSPS) is 23.4. The molecule has 1 atom stereocenters. The predicted molar refractivity (Wildman–Crippen MR) is 130 cm³/mol. The van der Waals surface area contributed by atoms with Crippen molar-refractivity contribution in [3.05, 3.63) is 31.9 Å². The lowest BCUT2D eigenvalue weighted by Crippen LogP contribution is -2.46. The lowest BCUT2D eigenvalue weighted by atomic mass is 10.0. The minimum absolute atomic E-state index is 0.0159. The van der Waals surface area contributed by atoms with Crippen molar-refractivity contribution in [2.45, 2.75) is 25.9 Å². The van der Waals surface area contributed by atoms with Gasteiger partial charge in [-0.25, -0.2) is 0 Å². The zero-order chi connectivity index (χ0) is 23.0. The molecule has 0 radical (unpaired) electrons. The third-order valence-corrected chi connectivity index (χ3v) is 7.71. The van der Waals surface area contributed by atoms with Crippen molar-refractivity contribution < 1.29 is 9.53 Å². The number of piperazine rings is 1. The lowest BCUT2D eigenvalue weighted by Gasteiger charge is -2.36. The molecule has 0 bridgehead atoms. The molecule has 0 aromatic carbocycles. The van der Waals surface area contributed by atoms with E-state index in [4.69, 9.17) is 17.0 Å². The van der Waals surface area contributed by atoms with E-state index in [1.165, 1.54) is 16.3 Å². The highest BCUT2D eigenvalue weighted by molar-refractivity contribution is 8.26. The van der Waals surface area contributed by atoms with Crippen LogP contribution in [0, 0.1) is 18.3 Å². The molecule has 3 fully saturated rings. The van der Waals surface area contributed by atoms with Crippen LogP contribution in [-0.2, 0) is 16.6 Å². The van der Waals surface area contributed by atoms with Crippen LogP contribution in [-0.4, -0.2) is 77.1 Å². The molecule has 0 saturated carbocycles. The van der Waals surface area contributed by atoms with Crippen LogP contribution in [0.4, 0.5) is 5.82 Å². The molecule has 32 heavy (non-hydrogen) atoms. The van der Waals surface area contributed by atoms with Gasteiger partial charge in [0.2, 0.25) is 0 Å². The molecule has 4 rings (SSSR count). The van der Waals surface area contributed by atoms with Gasteiger partial charge in [-0.3, -0.25) is 19.1 Å². The first-order valence-electron chi connectivity index (χ1n) is 10.8. The highest BCUT2D eigenvalue weighted by atomic mass is 32.2. The molecule has 10 heteroatoms. The highest BCUT2D eigenvalue weighted by Crippen LogP contribution is 2.36. The standard InChI is InChI=1S/C22H27N5O3S2/c1-14-16(11-18-21(29)27(22(31)32-18)13-15-5-4-10-30-15)19(25(3)20(28)17(14)12-23)26-8-6-24(2)7-9-26/h11,15H,4-10,13H2,1-3H3. The number of rotatable bonds is 4. The number of hydrogen-bond acceptors (Lipinski definition) is 8. The Balaban J connectivity index is 1.75. The Bertz CT molecular complexity index is 1080. The van der Waals surface area contributed by atoms with E-state index >= 15 is 0 Å². The predicted octanol–water partition coefficient (Wildman–Crippen LogP) is 1.70. The maximum Gasteiger partial charge on any atom is 0.270 e. The molecule has 3 aliphatic heterocycles. The number of thiocarbonyl (C=S) groups is 1. The fourth-order valence-corrected chi connectivity index (χ4v) is 5.65. The molecule has 1 unspecified atom stereocenters. The first-order valence-corrected chi connectivity index (χ1v) is 12.0. The second-order valence-corrected chi connectivity index (χ2v) is 10.1. The molecule has 1 aromatic heterocycles. The van der Waals surface area contributed by atoms with Crippen LogP contribution in [0.3, 0.4) is 0 Å². The summed E-state index contributed by atoms with van der Waals surface area (Å²) in [5, 5.41) is 9.62. The maximum atomic E-state index is 13.2. The summed E-state index contributed by atoms with van der Waals surface area (Å²) in [5.74, 6) is 0.593. The van der Waals surface area contributed by atoms with E-state index < -0.39 is 0 Å². The van der Waals surface area contributed by atoms with Crippen molar-refractivity contribution in [2.75, 3.05) is 51.3 Å². The van der Waals surface area contributed by atoms with Gasteiger partial charge in [0.25, 0.3) is 11.5 Å². The summed E-state index contributed by atoms with van der Waals surface area (Å²) in [7, 11) is 3.76. The van der Waals surface area contributed by atoms with E-state index in [-0.39, 0.29) is 23.1 Å². The Morgan fingerprint density at radius 2 is 1.97 bits per heavy atom. The number of nitriles is 1. The number of ether oxygens (including phenoxy) is 1. The van der Waals surface area contributed by atoms with Gasteiger partial charge in [-0.2, -0.15) is 5.26 Å². The number of aromatic nitrogens is 1. The summed E-state index contributed by atoms with van der Waals surface area (Å²) >= 11 is 6.76. The second kappa shape index (κ2) is 9.35. The summed E-state index contributed by atoms with van der Waals surface area (Å²) < 4.78 is 7.74. The monoisotopic (exact) mass is 473 g/mol. The number of anilines is 1. The molecule has 8 nitrogen and oxygen atoms in total. The minimum Gasteiger partial charge on any atom is -0.376 e. The van der Waals surface area contributed by atoms with Crippen LogP contribution in [0.15, 0.2) is 9.70 Å². The summed E-state index contributed by atoms with van der Waals surface area (Å²) in [6.45, 7) is 6.22. The summed E-state index contributed by atoms with van der Waals surface area (Å²) in [6, 6.07) is 2.05. The first-order chi connectivity index (χ1) is 15.3. The van der Waals surface area contributed by atoms with Gasteiger partial charge >= 0.3 is 0 Å². The molecule has 3 saturated heterocycles. The number of thioether (sulfide) groups is 1. The Morgan fingerprint density at radius 1 is 1.25 bits per heavy atom. The molecule has 170 valence electrons. The SMILES string of the molecule is Cc1c(C=C2SC(=S)N(CC3CCCO3)C2=O)c(N2CCN(C)CC2)n(C)c(=O)c1C#N. The second-order valence-electron chi connectivity index (χ2n) is 8.43. The molecule has 4 heterocycles. The Morgan fingerprint density at radius 3 is 2.59 bits per heavy atom. The topological polar surface area (TPSA) is 81.8 Å². The number of amides is 1. The highest BCUT2D eigenvalue weighted by Gasteiger charge is 2.35. The van der Waals surface area contributed by atoms with Gasteiger partial charge in [-0.15, -0.1) is 0 Å². The van der Waals surface area contributed by atoms with Crippen LogP contribution in [0.1, 0.15) is 29.5 Å². The van der Waals surface area contributed by atoms with E-state index in [9.17, 15) is 14.9 Å². The quantitative estimate of drug-likeness (QED) is 0.483. The van der Waals surface area contributed by atoms with Gasteiger partial charge < -0.3 is 14.5 Å². The van der Waals surface area contributed by atoms with E-state index in [0.29, 0.717) is 21.3 Å². The Labute approximate surface area is 197 Å². The molecule has 1 amide bonds. The fraction of sp³-hybridized carbons (Fsp3) is 0.545. The first kappa shape index (κ1) is 23.0. The molecular weight excluding hydrogens is 446 g/mol. The number of likely N-dealkylation sites (N-methyl/N-ethyl adjacent to an activating group) is 1. The molecular formula is C22H27N5O3S2. The molecule has 0 N–H and O–H groups in total. The number of carbonyl (C=O) groups is 1. The number of carbonyl (C=O) groups excluding carboxylic acids is 1. The maximum absolute atomic E-state index is 13.2. The van der Waals surface area contributed by atoms with E-state index in [1.54, 1.807) is 24.9 Å². The molecule has 0 aliphatic carbocycles. The van der Waals surface area contributed by atoms with Crippen LogP contribution in [0.2, 0.25) is 0 Å². The number of hydrogen-bond donors (Lipinski definition) is 0. The van der Waals surface area contributed by atoms with Gasteiger partial charge in [-0.05, 0) is 38.5 Å². The summed E-state index contributed by atoms with van der Waals surface area (Å²) in [5.41, 5.74) is 1.10. The fourth-order valence-electron chi connectivity index (χ4n) is 4.39. The van der Waals surface area contributed by atoms with E-state index in [2.05, 4.69) is 22.9 Å². The van der Waals surface area contributed by atoms with Crippen molar-refractivity contribution in [3.63, 3.8) is 0 Å². The van der Waals surface area contributed by atoms with Gasteiger partial charge in [0.05, 0.1) is 17.6 Å². The zero-order valence-electron chi connectivity index (χ0n) is 18.6. The zero-order valence-corrected chi connectivity index (χ0v) is 20.2. The van der Waals surface area contributed by atoms with E-state index in [0.717, 1.165) is 57.0 Å². The molecule has 1 aromatic rings. The third kappa shape index (κ3) is 4.22. The largest absolute Gasteiger partial charge is 0.376 e. The molecule has 3 aliphatic rings. The molecule has 0 spiro atoms. The van der Waals surface area contributed by atoms with Crippen molar-refractivity contribution in [2.24, 2.45) is 7.05 Å². The van der Waals surface area contributed by atoms with Crippen LogP contribution >= 0.6 is 24.0 Å². The Hall–Kier alpha value is -2.19. The van der Waals surface area contributed by atoms with Gasteiger partial charge in [0.15, 0.2) is 0 Å².